The molecule has 20 heavy (non-hydrogen) atoms. The average molecular weight is 266 g/mol. The van der Waals surface area contributed by atoms with E-state index in [2.05, 4.69) is 11.1 Å². The second kappa shape index (κ2) is 5.87. The summed E-state index contributed by atoms with van der Waals surface area (Å²) in [5.41, 5.74) is 3.35. The van der Waals surface area contributed by atoms with Crippen molar-refractivity contribution in [3.63, 3.8) is 0 Å². The minimum absolute atomic E-state index is 0.197. The maximum Gasteiger partial charge on any atom is 0.227 e. The zero-order valence-corrected chi connectivity index (χ0v) is 11.5. The molecule has 1 aromatic heterocycles. The zero-order valence-electron chi connectivity index (χ0n) is 11.5. The highest BCUT2D eigenvalue weighted by Gasteiger charge is 2.21. The van der Waals surface area contributed by atoms with Gasteiger partial charge < -0.3 is 4.90 Å². The summed E-state index contributed by atoms with van der Waals surface area (Å²) >= 11 is 0. The number of amides is 1. The smallest absolute Gasteiger partial charge is 0.227 e. The van der Waals surface area contributed by atoms with Gasteiger partial charge >= 0.3 is 0 Å². The number of benzene rings is 1. The Morgan fingerprint density at radius 3 is 2.85 bits per heavy atom. The van der Waals surface area contributed by atoms with Gasteiger partial charge in [-0.3, -0.25) is 9.78 Å². The fraction of sp³-hybridized carbons (Fsp3) is 0.294. The highest BCUT2D eigenvalue weighted by molar-refractivity contribution is 5.94. The number of para-hydroxylation sites is 1. The van der Waals surface area contributed by atoms with E-state index in [1.165, 1.54) is 5.56 Å². The summed E-state index contributed by atoms with van der Waals surface area (Å²) in [6.45, 7) is 0.831. The van der Waals surface area contributed by atoms with Crippen LogP contribution in [0.1, 0.15) is 24.1 Å². The lowest BCUT2D eigenvalue weighted by Crippen LogP contribution is -2.35. The molecule has 1 aliphatic rings. The number of pyridine rings is 1. The Bertz CT molecular complexity index is 595. The Kier molecular flexibility index (Phi) is 3.77. The molecular weight excluding hydrogens is 248 g/mol. The molecule has 0 radical (unpaired) electrons. The molecule has 0 saturated heterocycles. The van der Waals surface area contributed by atoms with E-state index in [1.807, 2.05) is 41.3 Å². The lowest BCUT2D eigenvalue weighted by Gasteiger charge is -2.29. The maximum absolute atomic E-state index is 12.4. The first-order valence-electron chi connectivity index (χ1n) is 7.13. The van der Waals surface area contributed by atoms with Gasteiger partial charge in [0.1, 0.15) is 0 Å². The topological polar surface area (TPSA) is 33.2 Å². The summed E-state index contributed by atoms with van der Waals surface area (Å²) in [5.74, 6) is 0.197. The third-order valence-corrected chi connectivity index (χ3v) is 3.73. The fourth-order valence-electron chi connectivity index (χ4n) is 2.71. The Balaban J connectivity index is 1.69. The molecule has 1 aliphatic heterocycles. The molecule has 3 rings (SSSR count). The first kappa shape index (κ1) is 12.9. The standard InChI is InChI=1S/C17H18N2O/c20-17(11-10-15-8-3-4-12-18-15)19-13-5-7-14-6-1-2-9-16(14)19/h1-4,6,8-9,12H,5,7,10-11,13H2. The quantitative estimate of drug-likeness (QED) is 0.855. The molecule has 0 atom stereocenters. The second-order valence-electron chi connectivity index (χ2n) is 5.10. The van der Waals surface area contributed by atoms with Gasteiger partial charge in [-0.1, -0.05) is 24.3 Å². The van der Waals surface area contributed by atoms with Gasteiger partial charge in [0.15, 0.2) is 0 Å². The molecule has 3 nitrogen and oxygen atoms in total. The molecule has 0 bridgehead atoms. The zero-order chi connectivity index (χ0) is 13.8. The number of fused-ring (bicyclic) bond motifs is 1. The van der Waals surface area contributed by atoms with E-state index >= 15 is 0 Å². The lowest BCUT2D eigenvalue weighted by atomic mass is 10.0. The molecule has 0 fully saturated rings. The molecule has 0 spiro atoms. The van der Waals surface area contributed by atoms with E-state index in [0.717, 1.165) is 30.8 Å². The number of carbonyl (C=O) groups excluding carboxylic acids is 1. The third kappa shape index (κ3) is 2.72. The molecule has 102 valence electrons. The van der Waals surface area contributed by atoms with Crippen molar-refractivity contribution in [2.24, 2.45) is 0 Å². The van der Waals surface area contributed by atoms with Crippen LogP contribution >= 0.6 is 0 Å². The second-order valence-corrected chi connectivity index (χ2v) is 5.10. The van der Waals surface area contributed by atoms with Gasteiger partial charge in [-0.25, -0.2) is 0 Å². The molecular formula is C17H18N2O. The molecule has 1 aromatic carbocycles. The van der Waals surface area contributed by atoms with Crippen LogP contribution < -0.4 is 4.90 Å². The maximum atomic E-state index is 12.4. The van der Waals surface area contributed by atoms with Gasteiger partial charge in [-0.2, -0.15) is 0 Å². The first-order chi connectivity index (χ1) is 9.84. The van der Waals surface area contributed by atoms with Crippen LogP contribution in [0, 0.1) is 0 Å². The van der Waals surface area contributed by atoms with Crippen LogP contribution in [0.25, 0.3) is 0 Å². The van der Waals surface area contributed by atoms with Crippen LogP contribution in [0.2, 0.25) is 0 Å². The highest BCUT2D eigenvalue weighted by Crippen LogP contribution is 2.27. The van der Waals surface area contributed by atoms with E-state index in [9.17, 15) is 4.79 Å². The van der Waals surface area contributed by atoms with Crippen molar-refractivity contribution in [3.8, 4) is 0 Å². The summed E-state index contributed by atoms with van der Waals surface area (Å²) in [4.78, 5) is 18.6. The SMILES string of the molecule is O=C(CCc1ccccn1)N1CCCc2ccccc21. The molecule has 2 aromatic rings. The van der Waals surface area contributed by atoms with Gasteiger partial charge in [0.2, 0.25) is 5.91 Å². The predicted molar refractivity (Wildman–Crippen MR) is 79.7 cm³/mol. The highest BCUT2D eigenvalue weighted by atomic mass is 16.2. The monoisotopic (exact) mass is 266 g/mol. The summed E-state index contributed by atoms with van der Waals surface area (Å²) in [7, 11) is 0. The molecule has 0 saturated carbocycles. The first-order valence-corrected chi connectivity index (χ1v) is 7.13. The van der Waals surface area contributed by atoms with Crippen molar-refractivity contribution in [1.29, 1.82) is 0 Å². The van der Waals surface area contributed by atoms with E-state index in [0.29, 0.717) is 12.8 Å². The number of carbonyl (C=O) groups is 1. The molecule has 2 heterocycles. The van der Waals surface area contributed by atoms with Crippen molar-refractivity contribution < 1.29 is 4.79 Å². The average Bonchev–Trinajstić information content (AvgIpc) is 2.53. The van der Waals surface area contributed by atoms with Crippen LogP contribution in [0.3, 0.4) is 0 Å². The predicted octanol–water partition coefficient (Wildman–Crippen LogP) is 2.99. The molecule has 0 aliphatic carbocycles. The Morgan fingerprint density at radius 1 is 1.15 bits per heavy atom. The normalized spacial score (nSPS) is 13.9. The van der Waals surface area contributed by atoms with Crippen LogP contribution in [-0.4, -0.2) is 17.4 Å². The van der Waals surface area contributed by atoms with E-state index < -0.39 is 0 Å². The van der Waals surface area contributed by atoms with Gasteiger partial charge in [0.05, 0.1) is 0 Å². The summed E-state index contributed by atoms with van der Waals surface area (Å²) in [5, 5.41) is 0. The molecule has 0 N–H and O–H groups in total. The van der Waals surface area contributed by atoms with Gasteiger partial charge in [0.25, 0.3) is 0 Å². The molecule has 3 heteroatoms. The number of hydrogen-bond donors (Lipinski definition) is 0. The Labute approximate surface area is 119 Å². The van der Waals surface area contributed by atoms with Crippen LogP contribution in [-0.2, 0) is 17.6 Å². The lowest BCUT2D eigenvalue weighted by molar-refractivity contribution is -0.118. The molecule has 1 amide bonds. The number of aryl methyl sites for hydroxylation is 2. The number of nitrogens with zero attached hydrogens (tertiary/aromatic N) is 2. The van der Waals surface area contributed by atoms with Gasteiger partial charge in [-0.15, -0.1) is 0 Å². The number of aromatic nitrogens is 1. The largest absolute Gasteiger partial charge is 0.312 e. The molecule has 0 unspecified atom stereocenters. The minimum atomic E-state index is 0.197. The van der Waals surface area contributed by atoms with E-state index in [4.69, 9.17) is 0 Å². The van der Waals surface area contributed by atoms with Crippen molar-refractivity contribution in [2.45, 2.75) is 25.7 Å². The summed E-state index contributed by atoms with van der Waals surface area (Å²) in [6.07, 6.45) is 5.12. The third-order valence-electron chi connectivity index (χ3n) is 3.73. The van der Waals surface area contributed by atoms with Crippen molar-refractivity contribution in [1.82, 2.24) is 4.98 Å². The van der Waals surface area contributed by atoms with Gasteiger partial charge in [0, 0.05) is 30.5 Å². The van der Waals surface area contributed by atoms with Crippen molar-refractivity contribution >= 4 is 11.6 Å². The number of anilines is 1. The number of rotatable bonds is 3. The van der Waals surface area contributed by atoms with E-state index in [-0.39, 0.29) is 5.91 Å². The summed E-state index contributed by atoms with van der Waals surface area (Å²) < 4.78 is 0. The Hall–Kier alpha value is -2.16. The van der Waals surface area contributed by atoms with Gasteiger partial charge in [-0.05, 0) is 43.0 Å². The number of hydrogen-bond acceptors (Lipinski definition) is 2. The van der Waals surface area contributed by atoms with Crippen LogP contribution in [0.5, 0.6) is 0 Å². The minimum Gasteiger partial charge on any atom is -0.312 e. The van der Waals surface area contributed by atoms with Crippen molar-refractivity contribution in [2.75, 3.05) is 11.4 Å². The van der Waals surface area contributed by atoms with Crippen molar-refractivity contribution in [3.05, 3.63) is 59.9 Å². The Morgan fingerprint density at radius 2 is 2.00 bits per heavy atom. The van der Waals surface area contributed by atoms with E-state index in [1.54, 1.807) is 6.20 Å². The fourth-order valence-corrected chi connectivity index (χ4v) is 2.71. The summed E-state index contributed by atoms with van der Waals surface area (Å²) in [6, 6.07) is 14.0. The van der Waals surface area contributed by atoms with Crippen LogP contribution in [0.4, 0.5) is 5.69 Å². The van der Waals surface area contributed by atoms with Crippen LogP contribution in [0.15, 0.2) is 48.7 Å².